The highest BCUT2D eigenvalue weighted by Gasteiger charge is 2.15. The molecular weight excluding hydrogens is 347 g/mol. The third-order valence-electron chi connectivity index (χ3n) is 4.33. The van der Waals surface area contributed by atoms with E-state index in [1.54, 1.807) is 24.3 Å². The molecule has 27 heavy (non-hydrogen) atoms. The minimum Gasteiger partial charge on any atom is -0.378 e. The molecule has 1 aliphatic rings. The molecule has 0 aromatic heterocycles. The van der Waals surface area contributed by atoms with E-state index in [0.717, 1.165) is 5.69 Å². The van der Waals surface area contributed by atoms with Gasteiger partial charge in [0.2, 0.25) is 0 Å². The number of halogens is 1. The quantitative estimate of drug-likeness (QED) is 0.649. The summed E-state index contributed by atoms with van der Waals surface area (Å²) >= 11 is 0. The number of morpholine rings is 1. The van der Waals surface area contributed by atoms with Crippen LogP contribution in [0.4, 0.5) is 15.8 Å². The van der Waals surface area contributed by atoms with Crippen molar-refractivity contribution in [1.82, 2.24) is 5.43 Å². The van der Waals surface area contributed by atoms with Gasteiger partial charge in [-0.05, 0) is 35.9 Å². The van der Waals surface area contributed by atoms with Crippen LogP contribution >= 0.6 is 0 Å². The van der Waals surface area contributed by atoms with E-state index in [0.29, 0.717) is 43.1 Å². The van der Waals surface area contributed by atoms with E-state index in [-0.39, 0.29) is 11.7 Å². The van der Waals surface area contributed by atoms with Crippen molar-refractivity contribution in [3.8, 4) is 0 Å². The van der Waals surface area contributed by atoms with Crippen LogP contribution < -0.4 is 15.2 Å². The van der Waals surface area contributed by atoms with Gasteiger partial charge in [0.25, 0.3) is 5.91 Å². The first-order valence-electron chi connectivity index (χ1n) is 8.77. The maximum absolute atomic E-state index is 14.4. The predicted molar refractivity (Wildman–Crippen MR) is 105 cm³/mol. The molecule has 1 amide bonds. The van der Waals surface area contributed by atoms with Gasteiger partial charge in [0.15, 0.2) is 0 Å². The monoisotopic (exact) mass is 370 g/mol. The first kappa shape index (κ1) is 18.8. The van der Waals surface area contributed by atoms with Crippen molar-refractivity contribution in [1.29, 1.82) is 0 Å². The number of rotatable bonds is 5. The third-order valence-corrected chi connectivity index (χ3v) is 4.33. The summed E-state index contributed by atoms with van der Waals surface area (Å²) in [5, 5.41) is 3.94. The van der Waals surface area contributed by atoms with E-state index in [1.807, 2.05) is 36.0 Å². The Morgan fingerprint density at radius 3 is 2.70 bits per heavy atom. The van der Waals surface area contributed by atoms with Crippen molar-refractivity contribution in [3.63, 3.8) is 0 Å². The van der Waals surface area contributed by atoms with E-state index in [9.17, 15) is 9.18 Å². The molecule has 0 atom stereocenters. The van der Waals surface area contributed by atoms with Crippen LogP contribution in [0.2, 0.25) is 0 Å². The molecule has 0 spiro atoms. The molecule has 0 aliphatic carbocycles. The highest BCUT2D eigenvalue weighted by Crippen LogP contribution is 2.21. The van der Waals surface area contributed by atoms with Gasteiger partial charge in [0.1, 0.15) is 5.82 Å². The summed E-state index contributed by atoms with van der Waals surface area (Å²) < 4.78 is 19.7. The average Bonchev–Trinajstić information content (AvgIpc) is 2.69. The first-order valence-corrected chi connectivity index (χ1v) is 8.77. The van der Waals surface area contributed by atoms with Crippen molar-refractivity contribution in [3.05, 3.63) is 59.4 Å². The summed E-state index contributed by atoms with van der Waals surface area (Å²) in [6.45, 7) is 2.55. The summed E-state index contributed by atoms with van der Waals surface area (Å²) in [7, 11) is 3.81. The Kier molecular flexibility index (Phi) is 6.03. The molecule has 0 radical (unpaired) electrons. The Hall–Kier alpha value is -2.93. The Bertz CT molecular complexity index is 832. The summed E-state index contributed by atoms with van der Waals surface area (Å²) in [5.41, 5.74) is 5.04. The molecule has 0 bridgehead atoms. The molecule has 2 aromatic carbocycles. The second-order valence-corrected chi connectivity index (χ2v) is 6.45. The average molecular weight is 370 g/mol. The van der Waals surface area contributed by atoms with Gasteiger partial charge in [-0.15, -0.1) is 0 Å². The highest BCUT2D eigenvalue weighted by molar-refractivity contribution is 5.95. The number of hydrazone groups is 1. The number of benzene rings is 2. The Balaban J connectivity index is 1.63. The first-order chi connectivity index (χ1) is 13.0. The summed E-state index contributed by atoms with van der Waals surface area (Å²) in [6.07, 6.45) is 1.43. The van der Waals surface area contributed by atoms with Crippen LogP contribution in [-0.2, 0) is 4.74 Å². The molecule has 2 aromatic rings. The molecule has 0 saturated carbocycles. The predicted octanol–water partition coefficient (Wildman–Crippen LogP) is 2.49. The lowest BCUT2D eigenvalue weighted by molar-refractivity contribution is 0.0955. The lowest BCUT2D eigenvalue weighted by Crippen LogP contribution is -2.36. The van der Waals surface area contributed by atoms with E-state index >= 15 is 0 Å². The molecule has 1 N–H and O–H groups in total. The lowest BCUT2D eigenvalue weighted by Gasteiger charge is -2.29. The minimum absolute atomic E-state index is 0.314. The highest BCUT2D eigenvalue weighted by atomic mass is 19.1. The number of anilines is 2. The van der Waals surface area contributed by atoms with Gasteiger partial charge in [-0.1, -0.05) is 12.1 Å². The topological polar surface area (TPSA) is 57.2 Å². The molecule has 3 rings (SSSR count). The van der Waals surface area contributed by atoms with Crippen molar-refractivity contribution >= 4 is 23.5 Å². The normalized spacial score (nSPS) is 14.4. The van der Waals surface area contributed by atoms with Crippen LogP contribution in [0, 0.1) is 5.82 Å². The van der Waals surface area contributed by atoms with Gasteiger partial charge in [-0.3, -0.25) is 4.79 Å². The van der Waals surface area contributed by atoms with Crippen LogP contribution in [0.15, 0.2) is 47.6 Å². The van der Waals surface area contributed by atoms with Gasteiger partial charge in [0, 0.05) is 38.4 Å². The molecule has 1 heterocycles. The van der Waals surface area contributed by atoms with Crippen LogP contribution in [0.25, 0.3) is 0 Å². The van der Waals surface area contributed by atoms with Crippen molar-refractivity contribution in [2.45, 2.75) is 0 Å². The number of carbonyl (C=O) groups is 1. The molecule has 1 aliphatic heterocycles. The van der Waals surface area contributed by atoms with E-state index in [4.69, 9.17) is 4.74 Å². The molecular formula is C20H23FN4O2. The zero-order chi connectivity index (χ0) is 19.2. The van der Waals surface area contributed by atoms with Crippen LogP contribution in [-0.4, -0.2) is 52.5 Å². The standard InChI is InChI=1S/C20H23FN4O2/c1-24(2)17-5-3-4-16(13-17)20(26)23-22-14-15-6-7-19(18(21)12-15)25-8-10-27-11-9-25/h3-7,12-14H,8-11H2,1-2H3,(H,23,26)/b22-14-. The second-order valence-electron chi connectivity index (χ2n) is 6.45. The van der Waals surface area contributed by atoms with E-state index < -0.39 is 0 Å². The maximum atomic E-state index is 14.4. The van der Waals surface area contributed by atoms with Gasteiger partial charge in [-0.2, -0.15) is 5.10 Å². The largest absolute Gasteiger partial charge is 0.378 e. The minimum atomic E-state index is -0.319. The number of amides is 1. The summed E-state index contributed by atoms with van der Waals surface area (Å²) in [6, 6.07) is 12.1. The summed E-state index contributed by atoms with van der Waals surface area (Å²) in [5.74, 6) is -0.633. The van der Waals surface area contributed by atoms with Crippen LogP contribution in [0.1, 0.15) is 15.9 Å². The number of hydrogen-bond donors (Lipinski definition) is 1. The van der Waals surface area contributed by atoms with Gasteiger partial charge in [0.05, 0.1) is 25.1 Å². The fourth-order valence-electron chi connectivity index (χ4n) is 2.82. The number of nitrogens with zero attached hydrogens (tertiary/aromatic N) is 3. The SMILES string of the molecule is CN(C)c1cccc(C(=O)N/N=C\c2ccc(N3CCOCC3)c(F)c2)c1. The van der Waals surface area contributed by atoms with Crippen LogP contribution in [0.3, 0.4) is 0 Å². The number of ether oxygens (including phenoxy) is 1. The summed E-state index contributed by atoms with van der Waals surface area (Å²) in [4.78, 5) is 16.1. The Morgan fingerprint density at radius 2 is 2.00 bits per heavy atom. The Labute approximate surface area is 158 Å². The molecule has 142 valence electrons. The number of hydrogen-bond acceptors (Lipinski definition) is 5. The van der Waals surface area contributed by atoms with Crippen molar-refractivity contribution in [2.24, 2.45) is 5.10 Å². The van der Waals surface area contributed by atoms with Crippen molar-refractivity contribution < 1.29 is 13.9 Å². The fourth-order valence-corrected chi connectivity index (χ4v) is 2.82. The van der Waals surface area contributed by atoms with Gasteiger partial charge in [-0.25, -0.2) is 9.82 Å². The van der Waals surface area contributed by atoms with Gasteiger partial charge >= 0.3 is 0 Å². The molecule has 1 fully saturated rings. The van der Waals surface area contributed by atoms with Crippen LogP contribution in [0.5, 0.6) is 0 Å². The van der Waals surface area contributed by atoms with Crippen molar-refractivity contribution in [2.75, 3.05) is 50.2 Å². The number of nitrogens with one attached hydrogen (secondary N) is 1. The van der Waals surface area contributed by atoms with E-state index in [1.165, 1.54) is 12.3 Å². The second kappa shape index (κ2) is 8.64. The zero-order valence-electron chi connectivity index (χ0n) is 15.5. The third kappa shape index (κ3) is 4.83. The van der Waals surface area contributed by atoms with Gasteiger partial charge < -0.3 is 14.5 Å². The number of carbonyl (C=O) groups excluding carboxylic acids is 1. The maximum Gasteiger partial charge on any atom is 0.271 e. The smallest absolute Gasteiger partial charge is 0.271 e. The van der Waals surface area contributed by atoms with E-state index in [2.05, 4.69) is 10.5 Å². The lowest BCUT2D eigenvalue weighted by atomic mass is 10.2. The molecule has 0 unspecified atom stereocenters. The molecule has 1 saturated heterocycles. The molecule has 6 nitrogen and oxygen atoms in total. The Morgan fingerprint density at radius 1 is 1.22 bits per heavy atom. The molecule has 7 heteroatoms. The zero-order valence-corrected chi connectivity index (χ0v) is 15.5. The fraction of sp³-hybridized carbons (Fsp3) is 0.300.